The predicted octanol–water partition coefficient (Wildman–Crippen LogP) is 2.98. The molecular weight excluding hydrogens is 306 g/mol. The summed E-state index contributed by atoms with van der Waals surface area (Å²) in [5.41, 5.74) is 1.66. The molecule has 2 aromatic rings. The fraction of sp³-hybridized carbons (Fsp3) is 0.211. The number of hydrogen-bond donors (Lipinski definition) is 0. The van der Waals surface area contributed by atoms with Gasteiger partial charge in [-0.25, -0.2) is 0 Å². The number of hydrogen-bond acceptors (Lipinski definition) is 4. The monoisotopic (exact) mass is 323 g/mol. The highest BCUT2D eigenvalue weighted by Gasteiger charge is 2.35. The van der Waals surface area contributed by atoms with E-state index in [1.165, 1.54) is 0 Å². The van der Waals surface area contributed by atoms with Crippen molar-refractivity contribution in [2.24, 2.45) is 0 Å². The minimum Gasteiger partial charge on any atom is -0.458 e. The van der Waals surface area contributed by atoms with Gasteiger partial charge in [-0.3, -0.25) is 19.3 Å². The van der Waals surface area contributed by atoms with E-state index in [-0.39, 0.29) is 30.9 Å². The zero-order valence-electron chi connectivity index (χ0n) is 13.3. The van der Waals surface area contributed by atoms with Gasteiger partial charge in [0.05, 0.1) is 17.5 Å². The summed E-state index contributed by atoms with van der Waals surface area (Å²) >= 11 is 0. The third-order valence-corrected chi connectivity index (χ3v) is 3.99. The van der Waals surface area contributed by atoms with Gasteiger partial charge >= 0.3 is 5.97 Å². The number of benzene rings is 2. The summed E-state index contributed by atoms with van der Waals surface area (Å²) in [5, 5.41) is 0. The summed E-state index contributed by atoms with van der Waals surface area (Å²) < 4.78 is 5.36. The molecule has 5 nitrogen and oxygen atoms in total. The van der Waals surface area contributed by atoms with Gasteiger partial charge in [-0.05, 0) is 24.6 Å². The zero-order chi connectivity index (χ0) is 17.1. The molecule has 0 fully saturated rings. The molecule has 3 rings (SSSR count). The Morgan fingerprint density at radius 1 is 0.958 bits per heavy atom. The first-order valence-corrected chi connectivity index (χ1v) is 7.77. The van der Waals surface area contributed by atoms with Crippen molar-refractivity contribution in [1.29, 1.82) is 0 Å². The Labute approximate surface area is 139 Å². The molecule has 1 atom stereocenters. The molecule has 0 radical (unpaired) electrons. The zero-order valence-corrected chi connectivity index (χ0v) is 13.3. The van der Waals surface area contributed by atoms with E-state index < -0.39 is 5.97 Å². The van der Waals surface area contributed by atoms with E-state index >= 15 is 0 Å². The smallest absolute Gasteiger partial charge is 0.308 e. The average Bonchev–Trinajstić information content (AvgIpc) is 2.85. The van der Waals surface area contributed by atoms with Crippen LogP contribution in [0, 0.1) is 0 Å². The number of nitrogens with zero attached hydrogens (tertiary/aromatic N) is 1. The van der Waals surface area contributed by atoms with Crippen molar-refractivity contribution in [3.63, 3.8) is 0 Å². The predicted molar refractivity (Wildman–Crippen MR) is 87.4 cm³/mol. The second kappa shape index (κ2) is 6.66. The van der Waals surface area contributed by atoms with Gasteiger partial charge in [-0.1, -0.05) is 42.5 Å². The number of amides is 2. The Balaban J connectivity index is 1.58. The van der Waals surface area contributed by atoms with Crippen LogP contribution in [0.4, 0.5) is 0 Å². The molecule has 2 amide bonds. The van der Waals surface area contributed by atoms with E-state index in [4.69, 9.17) is 4.74 Å². The van der Waals surface area contributed by atoms with Crippen molar-refractivity contribution >= 4 is 17.8 Å². The number of carbonyl (C=O) groups excluding carboxylic acids is 3. The Morgan fingerprint density at radius 3 is 2.08 bits per heavy atom. The third-order valence-electron chi connectivity index (χ3n) is 3.99. The van der Waals surface area contributed by atoms with E-state index in [9.17, 15) is 14.4 Å². The topological polar surface area (TPSA) is 63.7 Å². The fourth-order valence-electron chi connectivity index (χ4n) is 2.69. The van der Waals surface area contributed by atoms with Gasteiger partial charge < -0.3 is 4.74 Å². The molecule has 0 spiro atoms. The van der Waals surface area contributed by atoms with Crippen LogP contribution in [-0.2, 0) is 9.53 Å². The van der Waals surface area contributed by atoms with Gasteiger partial charge in [0.1, 0.15) is 6.10 Å². The minimum atomic E-state index is -0.442. The standard InChI is InChI=1S/C19H17NO4/c1-13(14-7-3-2-4-8-14)24-17(21)11-12-20-18(22)15-9-5-6-10-16(15)19(20)23/h2-10,13H,11-12H2,1H3. The molecular formula is C19H17NO4. The molecule has 1 heterocycles. The number of fused-ring (bicyclic) bond motifs is 1. The van der Waals surface area contributed by atoms with Crippen LogP contribution in [0.15, 0.2) is 54.6 Å². The molecule has 0 N–H and O–H groups in total. The molecule has 0 saturated carbocycles. The summed E-state index contributed by atoms with van der Waals surface area (Å²) in [7, 11) is 0. The lowest BCUT2D eigenvalue weighted by molar-refractivity contribution is -0.148. The lowest BCUT2D eigenvalue weighted by atomic mass is 10.1. The lowest BCUT2D eigenvalue weighted by Crippen LogP contribution is -2.32. The van der Waals surface area contributed by atoms with Crippen molar-refractivity contribution < 1.29 is 19.1 Å². The molecule has 1 unspecified atom stereocenters. The van der Waals surface area contributed by atoms with Gasteiger partial charge in [-0.15, -0.1) is 0 Å². The minimum absolute atomic E-state index is 0.0205. The maximum absolute atomic E-state index is 12.2. The van der Waals surface area contributed by atoms with E-state index in [0.29, 0.717) is 11.1 Å². The summed E-state index contributed by atoms with van der Waals surface area (Å²) in [6.45, 7) is 1.81. The molecule has 24 heavy (non-hydrogen) atoms. The molecule has 1 aliphatic rings. The maximum Gasteiger partial charge on any atom is 0.308 e. The van der Waals surface area contributed by atoms with Crippen LogP contribution in [-0.4, -0.2) is 29.2 Å². The van der Waals surface area contributed by atoms with E-state index in [2.05, 4.69) is 0 Å². The second-order valence-electron chi connectivity index (χ2n) is 5.60. The van der Waals surface area contributed by atoms with E-state index in [1.54, 1.807) is 31.2 Å². The fourth-order valence-corrected chi connectivity index (χ4v) is 2.69. The Morgan fingerprint density at radius 2 is 1.50 bits per heavy atom. The highest BCUT2D eigenvalue weighted by atomic mass is 16.5. The van der Waals surface area contributed by atoms with Crippen LogP contribution in [0.2, 0.25) is 0 Å². The highest BCUT2D eigenvalue weighted by Crippen LogP contribution is 2.23. The normalized spacial score (nSPS) is 14.5. The van der Waals surface area contributed by atoms with Crippen LogP contribution in [0.25, 0.3) is 0 Å². The lowest BCUT2D eigenvalue weighted by Gasteiger charge is -2.16. The number of rotatable bonds is 5. The summed E-state index contributed by atoms with van der Waals surface area (Å²) in [5.74, 6) is -1.16. The van der Waals surface area contributed by atoms with Crippen molar-refractivity contribution in [2.75, 3.05) is 6.54 Å². The molecule has 0 saturated heterocycles. The van der Waals surface area contributed by atoms with E-state index in [1.807, 2.05) is 30.3 Å². The van der Waals surface area contributed by atoms with Crippen LogP contribution < -0.4 is 0 Å². The Bertz CT molecular complexity index is 750. The number of imide groups is 1. The summed E-state index contributed by atoms with van der Waals surface area (Å²) in [4.78, 5) is 37.5. The van der Waals surface area contributed by atoms with Gasteiger partial charge in [0.15, 0.2) is 0 Å². The first kappa shape index (κ1) is 15.9. The molecule has 0 aromatic heterocycles. The first-order chi connectivity index (χ1) is 11.6. The molecule has 0 bridgehead atoms. The highest BCUT2D eigenvalue weighted by molar-refractivity contribution is 6.21. The third kappa shape index (κ3) is 3.06. The molecule has 0 aliphatic carbocycles. The maximum atomic E-state index is 12.2. The van der Waals surface area contributed by atoms with Crippen LogP contribution >= 0.6 is 0 Å². The van der Waals surface area contributed by atoms with Crippen molar-refractivity contribution in [3.8, 4) is 0 Å². The van der Waals surface area contributed by atoms with E-state index in [0.717, 1.165) is 10.5 Å². The van der Waals surface area contributed by atoms with Gasteiger partial charge in [-0.2, -0.15) is 0 Å². The first-order valence-electron chi connectivity index (χ1n) is 7.77. The Kier molecular flexibility index (Phi) is 4.42. The van der Waals surface area contributed by atoms with Crippen molar-refractivity contribution in [2.45, 2.75) is 19.4 Å². The largest absolute Gasteiger partial charge is 0.458 e. The van der Waals surface area contributed by atoms with Crippen LogP contribution in [0.5, 0.6) is 0 Å². The second-order valence-corrected chi connectivity index (χ2v) is 5.60. The number of carbonyl (C=O) groups is 3. The molecule has 2 aromatic carbocycles. The molecule has 5 heteroatoms. The number of esters is 1. The van der Waals surface area contributed by atoms with Crippen molar-refractivity contribution in [3.05, 3.63) is 71.3 Å². The SMILES string of the molecule is CC(OC(=O)CCN1C(=O)c2ccccc2C1=O)c1ccccc1. The van der Waals surface area contributed by atoms with Crippen LogP contribution in [0.3, 0.4) is 0 Å². The van der Waals surface area contributed by atoms with Gasteiger partial charge in [0.25, 0.3) is 11.8 Å². The quantitative estimate of drug-likeness (QED) is 0.627. The molecule has 1 aliphatic heterocycles. The average molecular weight is 323 g/mol. The van der Waals surface area contributed by atoms with Crippen LogP contribution in [0.1, 0.15) is 45.7 Å². The van der Waals surface area contributed by atoms with Gasteiger partial charge in [0, 0.05) is 6.54 Å². The summed E-state index contributed by atoms with van der Waals surface area (Å²) in [6.07, 6.45) is -0.399. The van der Waals surface area contributed by atoms with Gasteiger partial charge in [0.2, 0.25) is 0 Å². The Hall–Kier alpha value is -2.95. The number of ether oxygens (including phenoxy) is 1. The molecule has 122 valence electrons. The van der Waals surface area contributed by atoms with Crippen molar-refractivity contribution in [1.82, 2.24) is 4.90 Å². The summed E-state index contributed by atoms with van der Waals surface area (Å²) in [6, 6.07) is 16.0.